The SMILES string of the molecule is CCC(C)C(C)n1c(CCCl)nc2cc(I)ccc21. The van der Waals surface area contributed by atoms with Gasteiger partial charge in [0, 0.05) is 21.9 Å². The molecule has 0 aliphatic heterocycles. The Kier molecular flexibility index (Phi) is 5.12. The molecule has 0 amide bonds. The topological polar surface area (TPSA) is 17.8 Å². The summed E-state index contributed by atoms with van der Waals surface area (Å²) >= 11 is 8.26. The normalized spacial score (nSPS) is 14.8. The summed E-state index contributed by atoms with van der Waals surface area (Å²) in [5, 5.41) is 0. The molecule has 0 bridgehead atoms. The second-order valence-electron chi connectivity index (χ2n) is 5.10. The average molecular weight is 391 g/mol. The summed E-state index contributed by atoms with van der Waals surface area (Å²) in [6.45, 7) is 6.82. The van der Waals surface area contributed by atoms with E-state index in [0.29, 0.717) is 17.8 Å². The highest BCUT2D eigenvalue weighted by Crippen LogP contribution is 2.28. The lowest BCUT2D eigenvalue weighted by atomic mass is 10.0. The fourth-order valence-corrected chi connectivity index (χ4v) is 3.08. The van der Waals surface area contributed by atoms with E-state index < -0.39 is 0 Å². The quantitative estimate of drug-likeness (QED) is 0.517. The van der Waals surface area contributed by atoms with Gasteiger partial charge >= 0.3 is 0 Å². The van der Waals surface area contributed by atoms with Crippen LogP contribution in [0.25, 0.3) is 11.0 Å². The molecule has 1 heterocycles. The molecule has 2 atom stereocenters. The number of halogens is 2. The lowest BCUT2D eigenvalue weighted by molar-refractivity contribution is 0.369. The molecule has 1 aromatic heterocycles. The molecular weight excluding hydrogens is 371 g/mol. The van der Waals surface area contributed by atoms with Gasteiger partial charge in [-0.05, 0) is 53.6 Å². The molecule has 4 heteroatoms. The van der Waals surface area contributed by atoms with Crippen LogP contribution in [0.4, 0.5) is 0 Å². The third-order valence-electron chi connectivity index (χ3n) is 3.92. The second-order valence-corrected chi connectivity index (χ2v) is 6.72. The van der Waals surface area contributed by atoms with Crippen LogP contribution in [0.3, 0.4) is 0 Å². The Morgan fingerprint density at radius 1 is 1.37 bits per heavy atom. The molecule has 2 rings (SSSR count). The van der Waals surface area contributed by atoms with Gasteiger partial charge in [0.15, 0.2) is 0 Å². The lowest BCUT2D eigenvalue weighted by Gasteiger charge is -2.23. The Bertz CT molecular complexity index is 565. The molecule has 0 saturated heterocycles. The van der Waals surface area contributed by atoms with E-state index in [4.69, 9.17) is 16.6 Å². The molecule has 0 aliphatic carbocycles. The highest BCUT2D eigenvalue weighted by molar-refractivity contribution is 14.1. The fraction of sp³-hybridized carbons (Fsp3) is 0.533. The first-order valence-corrected chi connectivity index (χ1v) is 8.42. The first kappa shape index (κ1) is 15.1. The van der Waals surface area contributed by atoms with Gasteiger partial charge in [-0.15, -0.1) is 11.6 Å². The molecule has 1 aromatic carbocycles. The van der Waals surface area contributed by atoms with Crippen molar-refractivity contribution in [2.75, 3.05) is 5.88 Å². The van der Waals surface area contributed by atoms with Gasteiger partial charge < -0.3 is 4.57 Å². The van der Waals surface area contributed by atoms with E-state index >= 15 is 0 Å². The van der Waals surface area contributed by atoms with Gasteiger partial charge in [-0.1, -0.05) is 20.3 Å². The van der Waals surface area contributed by atoms with E-state index in [1.54, 1.807) is 0 Å². The molecule has 0 saturated carbocycles. The van der Waals surface area contributed by atoms with Crippen molar-refractivity contribution in [3.8, 4) is 0 Å². The number of nitrogens with zero attached hydrogens (tertiary/aromatic N) is 2. The van der Waals surface area contributed by atoms with Crippen molar-refractivity contribution >= 4 is 45.2 Å². The second kappa shape index (κ2) is 6.44. The summed E-state index contributed by atoms with van der Waals surface area (Å²) in [7, 11) is 0. The zero-order valence-corrected chi connectivity index (χ0v) is 14.6. The van der Waals surface area contributed by atoms with Crippen LogP contribution in [0.1, 0.15) is 39.1 Å². The number of imidazole rings is 1. The van der Waals surface area contributed by atoms with Crippen molar-refractivity contribution in [1.29, 1.82) is 0 Å². The van der Waals surface area contributed by atoms with Crippen molar-refractivity contribution < 1.29 is 0 Å². The Hall–Kier alpha value is -0.290. The third-order valence-corrected chi connectivity index (χ3v) is 4.78. The average Bonchev–Trinajstić information content (AvgIpc) is 2.74. The van der Waals surface area contributed by atoms with E-state index in [1.165, 1.54) is 15.5 Å². The molecule has 2 unspecified atom stereocenters. The number of rotatable bonds is 5. The molecule has 0 aliphatic rings. The Morgan fingerprint density at radius 2 is 2.11 bits per heavy atom. The summed E-state index contributed by atoms with van der Waals surface area (Å²) in [6, 6.07) is 6.93. The number of aryl methyl sites for hydroxylation is 1. The van der Waals surface area contributed by atoms with Crippen LogP contribution in [0.15, 0.2) is 18.2 Å². The maximum Gasteiger partial charge on any atom is 0.111 e. The minimum absolute atomic E-state index is 0.452. The van der Waals surface area contributed by atoms with Gasteiger partial charge in [0.1, 0.15) is 5.82 Å². The Morgan fingerprint density at radius 3 is 2.74 bits per heavy atom. The standard InChI is InChI=1S/C15H20ClIN2/c1-4-10(2)11(3)19-14-6-5-12(17)9-13(14)18-15(19)7-8-16/h5-6,9-11H,4,7-8H2,1-3H3. The monoisotopic (exact) mass is 390 g/mol. The predicted octanol–water partition coefficient (Wildman–Crippen LogP) is 5.03. The highest BCUT2D eigenvalue weighted by Gasteiger charge is 2.19. The van der Waals surface area contributed by atoms with E-state index in [9.17, 15) is 0 Å². The first-order chi connectivity index (χ1) is 9.08. The van der Waals surface area contributed by atoms with Gasteiger partial charge in [-0.3, -0.25) is 0 Å². The van der Waals surface area contributed by atoms with E-state index in [0.717, 1.165) is 17.8 Å². The van der Waals surface area contributed by atoms with Crippen molar-refractivity contribution in [2.24, 2.45) is 5.92 Å². The zero-order valence-electron chi connectivity index (χ0n) is 11.7. The van der Waals surface area contributed by atoms with E-state index in [2.05, 4.69) is 66.1 Å². The molecule has 0 N–H and O–H groups in total. The third kappa shape index (κ3) is 3.07. The number of hydrogen-bond donors (Lipinski definition) is 0. The number of aromatic nitrogens is 2. The van der Waals surface area contributed by atoms with Crippen LogP contribution in [-0.4, -0.2) is 15.4 Å². The minimum Gasteiger partial charge on any atom is -0.325 e. The summed E-state index contributed by atoms with van der Waals surface area (Å²) in [6.07, 6.45) is 2.00. The van der Waals surface area contributed by atoms with E-state index in [1.807, 2.05) is 0 Å². The van der Waals surface area contributed by atoms with Crippen LogP contribution < -0.4 is 0 Å². The number of hydrogen-bond acceptors (Lipinski definition) is 1. The lowest BCUT2D eigenvalue weighted by Crippen LogP contribution is -2.16. The smallest absolute Gasteiger partial charge is 0.111 e. The summed E-state index contributed by atoms with van der Waals surface area (Å²) < 4.78 is 3.60. The van der Waals surface area contributed by atoms with Gasteiger partial charge in [0.05, 0.1) is 11.0 Å². The maximum atomic E-state index is 5.93. The molecule has 2 aromatic rings. The van der Waals surface area contributed by atoms with Gasteiger partial charge in [-0.2, -0.15) is 0 Å². The maximum absolute atomic E-state index is 5.93. The van der Waals surface area contributed by atoms with E-state index in [-0.39, 0.29) is 0 Å². The minimum atomic E-state index is 0.452. The van der Waals surface area contributed by atoms with Crippen LogP contribution in [0.5, 0.6) is 0 Å². The van der Waals surface area contributed by atoms with Gasteiger partial charge in [0.2, 0.25) is 0 Å². The molecule has 0 fully saturated rings. The highest BCUT2D eigenvalue weighted by atomic mass is 127. The Labute approximate surface area is 133 Å². The number of benzene rings is 1. The van der Waals surface area contributed by atoms with Crippen LogP contribution in [0, 0.1) is 9.49 Å². The van der Waals surface area contributed by atoms with Crippen molar-refractivity contribution in [3.63, 3.8) is 0 Å². The largest absolute Gasteiger partial charge is 0.325 e. The molecule has 0 radical (unpaired) electrons. The van der Waals surface area contributed by atoms with Crippen LogP contribution in [-0.2, 0) is 6.42 Å². The van der Waals surface area contributed by atoms with Crippen molar-refractivity contribution in [3.05, 3.63) is 27.6 Å². The van der Waals surface area contributed by atoms with Gasteiger partial charge in [-0.25, -0.2) is 4.98 Å². The van der Waals surface area contributed by atoms with Crippen molar-refractivity contribution in [2.45, 2.75) is 39.7 Å². The number of fused-ring (bicyclic) bond motifs is 1. The molecule has 19 heavy (non-hydrogen) atoms. The predicted molar refractivity (Wildman–Crippen MR) is 91.0 cm³/mol. The van der Waals surface area contributed by atoms with Gasteiger partial charge in [0.25, 0.3) is 0 Å². The van der Waals surface area contributed by atoms with Crippen molar-refractivity contribution in [1.82, 2.24) is 9.55 Å². The first-order valence-electron chi connectivity index (χ1n) is 6.80. The molecule has 0 spiro atoms. The number of alkyl halides is 1. The Balaban J connectivity index is 2.57. The molecule has 104 valence electrons. The summed E-state index contributed by atoms with van der Waals surface area (Å²) in [5.41, 5.74) is 2.32. The molecular formula is C15H20ClIN2. The fourth-order valence-electron chi connectivity index (χ4n) is 2.43. The zero-order chi connectivity index (χ0) is 14.0. The van der Waals surface area contributed by atoms with Crippen LogP contribution >= 0.6 is 34.2 Å². The summed E-state index contributed by atoms with van der Waals surface area (Å²) in [5.74, 6) is 2.36. The molecule has 2 nitrogen and oxygen atoms in total. The van der Waals surface area contributed by atoms with Crippen LogP contribution in [0.2, 0.25) is 0 Å². The summed E-state index contributed by atoms with van der Waals surface area (Å²) in [4.78, 5) is 4.77.